The van der Waals surface area contributed by atoms with Crippen LogP contribution in [-0.2, 0) is 12.5 Å². The van der Waals surface area contributed by atoms with Crippen molar-refractivity contribution in [1.82, 2.24) is 14.9 Å². The van der Waals surface area contributed by atoms with E-state index >= 15 is 0 Å². The zero-order valence-corrected chi connectivity index (χ0v) is 13.2. The molecule has 1 unspecified atom stereocenters. The quantitative estimate of drug-likeness (QED) is 0.918. The minimum Gasteiger partial charge on any atom is -0.331 e. The first kappa shape index (κ1) is 13.9. The first-order valence-corrected chi connectivity index (χ1v) is 7.71. The van der Waals surface area contributed by atoms with Crippen LogP contribution in [0.25, 0.3) is 11.0 Å². The van der Waals surface area contributed by atoms with Crippen LogP contribution in [0.1, 0.15) is 32.5 Å². The Bertz CT molecular complexity index is 624. The number of nitrogens with one attached hydrogen (secondary N) is 1. The maximum absolute atomic E-state index is 6.11. The fraction of sp³-hybridized carbons (Fsp3) is 0.562. The standard InChI is InChI=1S/C16H22ClN3/c1-16(2,11-5-4-8-18-10-11)15-19-13-7-6-12(17)9-14(13)20(15)3/h6-7,9,11,18H,4-5,8,10H2,1-3H3. The second-order valence-corrected chi connectivity index (χ2v) is 6.83. The van der Waals surface area contributed by atoms with Crippen molar-refractivity contribution in [3.8, 4) is 0 Å². The number of hydrogen-bond acceptors (Lipinski definition) is 2. The number of imidazole rings is 1. The van der Waals surface area contributed by atoms with Crippen molar-refractivity contribution in [1.29, 1.82) is 0 Å². The van der Waals surface area contributed by atoms with Crippen LogP contribution < -0.4 is 5.32 Å². The number of hydrogen-bond donors (Lipinski definition) is 1. The van der Waals surface area contributed by atoms with Crippen LogP contribution in [0.2, 0.25) is 5.02 Å². The number of aromatic nitrogens is 2. The van der Waals surface area contributed by atoms with Gasteiger partial charge in [0.05, 0.1) is 11.0 Å². The summed E-state index contributed by atoms with van der Waals surface area (Å²) in [5.74, 6) is 1.78. The Hall–Kier alpha value is -1.06. The molecule has 0 aliphatic carbocycles. The lowest BCUT2D eigenvalue weighted by Crippen LogP contribution is -2.42. The Morgan fingerprint density at radius 2 is 2.20 bits per heavy atom. The van der Waals surface area contributed by atoms with Crippen LogP contribution in [0.3, 0.4) is 0 Å². The molecule has 4 heteroatoms. The monoisotopic (exact) mass is 291 g/mol. The fourth-order valence-corrected chi connectivity index (χ4v) is 3.56. The topological polar surface area (TPSA) is 29.9 Å². The van der Waals surface area contributed by atoms with E-state index in [2.05, 4.69) is 30.8 Å². The summed E-state index contributed by atoms with van der Waals surface area (Å²) in [6, 6.07) is 5.93. The van der Waals surface area contributed by atoms with E-state index < -0.39 is 0 Å². The zero-order valence-electron chi connectivity index (χ0n) is 12.4. The third-order valence-electron chi connectivity index (χ3n) is 4.74. The van der Waals surface area contributed by atoms with Gasteiger partial charge in [-0.15, -0.1) is 0 Å². The molecule has 2 aromatic rings. The maximum atomic E-state index is 6.11. The number of aryl methyl sites for hydroxylation is 1. The second kappa shape index (κ2) is 5.05. The molecule has 1 saturated heterocycles. The molecule has 1 aromatic heterocycles. The molecule has 20 heavy (non-hydrogen) atoms. The molecule has 1 fully saturated rings. The van der Waals surface area contributed by atoms with Gasteiger partial charge >= 0.3 is 0 Å². The number of rotatable bonds is 2. The van der Waals surface area contributed by atoms with Crippen molar-refractivity contribution in [3.05, 3.63) is 29.0 Å². The summed E-state index contributed by atoms with van der Waals surface area (Å²) in [5.41, 5.74) is 2.21. The number of benzene rings is 1. The first-order chi connectivity index (χ1) is 9.50. The molecule has 1 atom stereocenters. The molecule has 3 rings (SSSR count). The number of halogens is 1. The van der Waals surface area contributed by atoms with E-state index in [9.17, 15) is 0 Å². The molecule has 0 bridgehead atoms. The Morgan fingerprint density at radius 1 is 1.40 bits per heavy atom. The Kier molecular flexibility index (Phi) is 3.51. The SMILES string of the molecule is Cn1c(C(C)(C)C2CCCNC2)nc2ccc(Cl)cc21. The smallest absolute Gasteiger partial charge is 0.115 e. The van der Waals surface area contributed by atoms with Crippen LogP contribution in [0.5, 0.6) is 0 Å². The third kappa shape index (κ3) is 2.23. The van der Waals surface area contributed by atoms with E-state index in [0.717, 1.165) is 35.0 Å². The largest absolute Gasteiger partial charge is 0.331 e. The molecule has 108 valence electrons. The van der Waals surface area contributed by atoms with E-state index in [0.29, 0.717) is 5.92 Å². The molecule has 0 radical (unpaired) electrons. The van der Waals surface area contributed by atoms with Gasteiger partial charge in [-0.3, -0.25) is 0 Å². The Balaban J connectivity index is 2.06. The highest BCUT2D eigenvalue weighted by atomic mass is 35.5. The molecule has 0 amide bonds. The molecule has 1 N–H and O–H groups in total. The van der Waals surface area contributed by atoms with E-state index in [1.54, 1.807) is 0 Å². The van der Waals surface area contributed by atoms with Gasteiger partial charge in [-0.25, -0.2) is 4.98 Å². The van der Waals surface area contributed by atoms with Gasteiger partial charge in [0.2, 0.25) is 0 Å². The van der Waals surface area contributed by atoms with Crippen molar-refractivity contribution < 1.29 is 0 Å². The molecule has 0 saturated carbocycles. The van der Waals surface area contributed by atoms with Crippen molar-refractivity contribution >= 4 is 22.6 Å². The summed E-state index contributed by atoms with van der Waals surface area (Å²) in [6.45, 7) is 6.85. The molecular weight excluding hydrogens is 270 g/mol. The van der Waals surface area contributed by atoms with Gasteiger partial charge in [0.25, 0.3) is 0 Å². The van der Waals surface area contributed by atoms with Gasteiger partial charge in [-0.2, -0.15) is 0 Å². The molecule has 2 heterocycles. The highest BCUT2D eigenvalue weighted by Gasteiger charge is 2.36. The first-order valence-electron chi connectivity index (χ1n) is 7.33. The van der Waals surface area contributed by atoms with Crippen LogP contribution in [-0.4, -0.2) is 22.6 Å². The van der Waals surface area contributed by atoms with Gasteiger partial charge in [0.15, 0.2) is 0 Å². The van der Waals surface area contributed by atoms with Crippen molar-refractivity contribution in [2.45, 2.75) is 32.1 Å². The van der Waals surface area contributed by atoms with Gasteiger partial charge in [-0.05, 0) is 50.0 Å². The van der Waals surface area contributed by atoms with Crippen LogP contribution in [0.4, 0.5) is 0 Å². The van der Waals surface area contributed by atoms with Crippen molar-refractivity contribution in [2.75, 3.05) is 13.1 Å². The van der Waals surface area contributed by atoms with Gasteiger partial charge in [0.1, 0.15) is 5.82 Å². The molecule has 1 aliphatic heterocycles. The molecular formula is C16H22ClN3. The summed E-state index contributed by atoms with van der Waals surface area (Å²) in [7, 11) is 2.10. The van der Waals surface area contributed by atoms with Crippen molar-refractivity contribution in [2.24, 2.45) is 13.0 Å². The highest BCUT2D eigenvalue weighted by molar-refractivity contribution is 6.31. The maximum Gasteiger partial charge on any atom is 0.115 e. The molecule has 0 spiro atoms. The minimum atomic E-state index is 0.0632. The molecule has 1 aromatic carbocycles. The lowest BCUT2D eigenvalue weighted by Gasteiger charge is -2.36. The molecule has 3 nitrogen and oxygen atoms in total. The predicted octanol–water partition coefficient (Wildman–Crippen LogP) is 3.50. The summed E-state index contributed by atoms with van der Waals surface area (Å²) < 4.78 is 2.20. The third-order valence-corrected chi connectivity index (χ3v) is 4.97. The van der Waals surface area contributed by atoms with E-state index in [1.165, 1.54) is 12.8 Å². The van der Waals surface area contributed by atoms with Crippen LogP contribution in [0, 0.1) is 5.92 Å². The summed E-state index contributed by atoms with van der Waals surface area (Å²) >= 11 is 6.11. The summed E-state index contributed by atoms with van der Waals surface area (Å²) in [6.07, 6.45) is 2.52. The van der Waals surface area contributed by atoms with Gasteiger partial charge in [0, 0.05) is 17.5 Å². The summed E-state index contributed by atoms with van der Waals surface area (Å²) in [4.78, 5) is 4.88. The Labute approximate surface area is 125 Å². The molecule has 1 aliphatic rings. The number of piperidine rings is 1. The normalized spacial score (nSPS) is 20.5. The van der Waals surface area contributed by atoms with Crippen LogP contribution in [0.15, 0.2) is 18.2 Å². The van der Waals surface area contributed by atoms with E-state index in [-0.39, 0.29) is 5.41 Å². The predicted molar refractivity (Wildman–Crippen MR) is 84.3 cm³/mol. The average Bonchev–Trinajstić information content (AvgIpc) is 2.78. The highest BCUT2D eigenvalue weighted by Crippen LogP contribution is 2.36. The van der Waals surface area contributed by atoms with E-state index in [4.69, 9.17) is 16.6 Å². The average molecular weight is 292 g/mol. The number of fused-ring (bicyclic) bond motifs is 1. The van der Waals surface area contributed by atoms with Gasteiger partial charge in [-0.1, -0.05) is 25.4 Å². The van der Waals surface area contributed by atoms with Gasteiger partial charge < -0.3 is 9.88 Å². The second-order valence-electron chi connectivity index (χ2n) is 6.39. The van der Waals surface area contributed by atoms with E-state index in [1.807, 2.05) is 18.2 Å². The Morgan fingerprint density at radius 3 is 2.90 bits per heavy atom. The lowest BCUT2D eigenvalue weighted by molar-refractivity contribution is 0.238. The minimum absolute atomic E-state index is 0.0632. The number of nitrogens with zero attached hydrogens (tertiary/aromatic N) is 2. The zero-order chi connectivity index (χ0) is 14.3. The summed E-state index contributed by atoms with van der Waals surface area (Å²) in [5, 5.41) is 4.28. The fourth-order valence-electron chi connectivity index (χ4n) is 3.39. The van der Waals surface area contributed by atoms with Crippen LogP contribution >= 0.6 is 11.6 Å². The van der Waals surface area contributed by atoms with Crippen molar-refractivity contribution in [3.63, 3.8) is 0 Å². The lowest BCUT2D eigenvalue weighted by atomic mass is 9.74.